The highest BCUT2D eigenvalue weighted by molar-refractivity contribution is 5.81. The fraction of sp³-hybridized carbons (Fsp3) is 0.750. The molecule has 1 aliphatic rings. The van der Waals surface area contributed by atoms with Gasteiger partial charge in [0.1, 0.15) is 6.61 Å². The highest BCUT2D eigenvalue weighted by Crippen LogP contribution is 1.95. The van der Waals surface area contributed by atoms with Crippen LogP contribution in [0.25, 0.3) is 0 Å². The van der Waals surface area contributed by atoms with Gasteiger partial charge in [0.2, 0.25) is 0 Å². The van der Waals surface area contributed by atoms with Crippen molar-refractivity contribution in [3.8, 4) is 0 Å². The third-order valence-electron chi connectivity index (χ3n) is 0.825. The minimum atomic E-state index is 0.658. The van der Waals surface area contributed by atoms with Gasteiger partial charge in [0, 0.05) is 6.42 Å². The van der Waals surface area contributed by atoms with Crippen molar-refractivity contribution in [3.63, 3.8) is 0 Å². The Balaban J connectivity index is 2.23. The molecule has 0 bridgehead atoms. The molecule has 4 nitrogen and oxygen atoms in total. The summed E-state index contributed by atoms with van der Waals surface area (Å²) in [7, 11) is 1.54. The van der Waals surface area contributed by atoms with Crippen LogP contribution >= 0.6 is 0 Å². The molecule has 1 aliphatic heterocycles. The molecule has 1 heterocycles. The van der Waals surface area contributed by atoms with E-state index >= 15 is 0 Å². The van der Waals surface area contributed by atoms with E-state index in [1.807, 2.05) is 0 Å². The summed E-state index contributed by atoms with van der Waals surface area (Å²) in [5, 5.41) is 3.61. The molecule has 1 rings (SSSR count). The Morgan fingerprint density at radius 3 is 3.25 bits per heavy atom. The predicted molar refractivity (Wildman–Crippen MR) is 28.1 cm³/mol. The molecule has 0 aromatic heterocycles. The third-order valence-corrected chi connectivity index (χ3v) is 0.825. The largest absolute Gasteiger partial charge is 0.394 e. The first-order valence-corrected chi connectivity index (χ1v) is 2.41. The van der Waals surface area contributed by atoms with E-state index in [-0.39, 0.29) is 0 Å². The van der Waals surface area contributed by atoms with Gasteiger partial charge in [-0.2, -0.15) is 0 Å². The Hall–Kier alpha value is -0.770. The van der Waals surface area contributed by atoms with Gasteiger partial charge in [-0.1, -0.05) is 5.16 Å². The first kappa shape index (κ1) is 5.37. The molecule has 0 aromatic carbocycles. The number of rotatable bonds is 1. The van der Waals surface area contributed by atoms with Gasteiger partial charge in [-0.05, 0) is 0 Å². The molecule has 0 saturated carbocycles. The van der Waals surface area contributed by atoms with Crippen molar-refractivity contribution >= 4 is 5.84 Å². The standard InChI is InChI=1S/C4H8N2O2/c1-7-5-4-2-3-8-6-4/h2-3H2,1H3,(H,5,6). The van der Waals surface area contributed by atoms with Crippen molar-refractivity contribution in [3.05, 3.63) is 0 Å². The molecular formula is C4H8N2O2. The van der Waals surface area contributed by atoms with Crippen molar-refractivity contribution in [1.82, 2.24) is 5.48 Å². The lowest BCUT2D eigenvalue weighted by atomic mass is 10.4. The van der Waals surface area contributed by atoms with Crippen molar-refractivity contribution in [2.75, 3.05) is 13.7 Å². The molecule has 0 amide bonds. The zero-order valence-corrected chi connectivity index (χ0v) is 4.68. The maximum absolute atomic E-state index is 4.66. The quantitative estimate of drug-likeness (QED) is 0.485. The highest BCUT2D eigenvalue weighted by Gasteiger charge is 2.04. The van der Waals surface area contributed by atoms with E-state index in [1.54, 1.807) is 7.11 Å². The van der Waals surface area contributed by atoms with E-state index in [2.05, 4.69) is 20.3 Å². The number of oxime groups is 1. The summed E-state index contributed by atoms with van der Waals surface area (Å²) in [5.41, 5.74) is 2.57. The summed E-state index contributed by atoms with van der Waals surface area (Å²) in [5.74, 6) is 0.757. The fourth-order valence-electron chi connectivity index (χ4n) is 0.499. The van der Waals surface area contributed by atoms with Crippen LogP contribution in [0.2, 0.25) is 0 Å². The second-order valence-electron chi connectivity index (χ2n) is 1.43. The van der Waals surface area contributed by atoms with Crippen LogP contribution < -0.4 is 5.48 Å². The summed E-state index contributed by atoms with van der Waals surface area (Å²) in [6.07, 6.45) is 0.813. The molecular weight excluding hydrogens is 108 g/mol. The van der Waals surface area contributed by atoms with Crippen LogP contribution in [0, 0.1) is 0 Å². The third kappa shape index (κ3) is 1.10. The van der Waals surface area contributed by atoms with E-state index in [0.29, 0.717) is 6.61 Å². The molecule has 46 valence electrons. The van der Waals surface area contributed by atoms with E-state index in [1.165, 1.54) is 0 Å². The van der Waals surface area contributed by atoms with Gasteiger partial charge in [0.05, 0.1) is 7.11 Å². The van der Waals surface area contributed by atoms with Crippen molar-refractivity contribution in [2.24, 2.45) is 5.16 Å². The SMILES string of the molecule is CONC1=NOCC1. The number of hydroxylamine groups is 1. The van der Waals surface area contributed by atoms with E-state index in [9.17, 15) is 0 Å². The monoisotopic (exact) mass is 116 g/mol. The number of hydrogen-bond donors (Lipinski definition) is 1. The maximum atomic E-state index is 4.66. The molecule has 0 fully saturated rings. The first-order valence-electron chi connectivity index (χ1n) is 2.41. The second kappa shape index (κ2) is 2.52. The molecule has 0 unspecified atom stereocenters. The van der Waals surface area contributed by atoms with Crippen molar-refractivity contribution in [1.29, 1.82) is 0 Å². The van der Waals surface area contributed by atoms with Gasteiger partial charge in [-0.25, -0.2) is 0 Å². The Morgan fingerprint density at radius 1 is 1.88 bits per heavy atom. The van der Waals surface area contributed by atoms with Crippen LogP contribution in [0.1, 0.15) is 6.42 Å². The van der Waals surface area contributed by atoms with E-state index < -0.39 is 0 Å². The van der Waals surface area contributed by atoms with Gasteiger partial charge < -0.3 is 4.84 Å². The zero-order chi connectivity index (χ0) is 5.82. The summed E-state index contributed by atoms with van der Waals surface area (Å²) in [4.78, 5) is 9.22. The molecule has 4 heteroatoms. The van der Waals surface area contributed by atoms with Crippen LogP contribution in [0.4, 0.5) is 0 Å². The summed E-state index contributed by atoms with van der Waals surface area (Å²) in [6.45, 7) is 0.658. The number of nitrogens with one attached hydrogen (secondary N) is 1. The minimum absolute atomic E-state index is 0.658. The topological polar surface area (TPSA) is 42.8 Å². The zero-order valence-electron chi connectivity index (χ0n) is 4.68. The van der Waals surface area contributed by atoms with Crippen LogP contribution in [-0.4, -0.2) is 19.6 Å². The molecule has 8 heavy (non-hydrogen) atoms. The number of nitrogens with zero attached hydrogens (tertiary/aromatic N) is 1. The molecule has 1 N–H and O–H groups in total. The lowest BCUT2D eigenvalue weighted by Gasteiger charge is -1.95. The fourth-order valence-corrected chi connectivity index (χ4v) is 0.499. The summed E-state index contributed by atoms with van der Waals surface area (Å²) >= 11 is 0. The van der Waals surface area contributed by atoms with Crippen LogP contribution in [0.15, 0.2) is 5.16 Å². The van der Waals surface area contributed by atoms with Crippen molar-refractivity contribution < 1.29 is 9.68 Å². The van der Waals surface area contributed by atoms with E-state index in [4.69, 9.17) is 0 Å². The lowest BCUT2D eigenvalue weighted by Crippen LogP contribution is -2.19. The Morgan fingerprint density at radius 2 is 2.75 bits per heavy atom. The summed E-state index contributed by atoms with van der Waals surface area (Å²) in [6, 6.07) is 0. The molecule has 0 spiro atoms. The Bertz CT molecular complexity index is 102. The molecule has 0 aromatic rings. The van der Waals surface area contributed by atoms with Gasteiger partial charge in [0.15, 0.2) is 5.84 Å². The number of amidine groups is 1. The predicted octanol–water partition coefficient (Wildman–Crippen LogP) is -0.129. The molecule has 0 atom stereocenters. The van der Waals surface area contributed by atoms with Crippen LogP contribution in [-0.2, 0) is 9.68 Å². The van der Waals surface area contributed by atoms with Gasteiger partial charge in [-0.3, -0.25) is 10.3 Å². The smallest absolute Gasteiger partial charge is 0.169 e. The van der Waals surface area contributed by atoms with Crippen molar-refractivity contribution in [2.45, 2.75) is 6.42 Å². The highest BCUT2D eigenvalue weighted by atomic mass is 16.7. The normalized spacial score (nSPS) is 17.4. The molecule has 0 aliphatic carbocycles. The Kier molecular flexibility index (Phi) is 1.69. The average molecular weight is 116 g/mol. The molecule has 0 saturated heterocycles. The van der Waals surface area contributed by atoms with Crippen LogP contribution in [0.3, 0.4) is 0 Å². The first-order chi connectivity index (χ1) is 3.93. The Labute approximate surface area is 47.4 Å². The average Bonchev–Trinajstić information content (AvgIpc) is 2.19. The molecule has 0 radical (unpaired) electrons. The second-order valence-corrected chi connectivity index (χ2v) is 1.43. The van der Waals surface area contributed by atoms with Gasteiger partial charge in [-0.15, -0.1) is 0 Å². The lowest BCUT2D eigenvalue weighted by molar-refractivity contribution is 0.140. The summed E-state index contributed by atoms with van der Waals surface area (Å²) < 4.78 is 0. The van der Waals surface area contributed by atoms with E-state index in [0.717, 1.165) is 12.3 Å². The maximum Gasteiger partial charge on any atom is 0.169 e. The van der Waals surface area contributed by atoms with Crippen LogP contribution in [0.5, 0.6) is 0 Å². The van der Waals surface area contributed by atoms with Gasteiger partial charge in [0.25, 0.3) is 0 Å². The number of hydrogen-bond acceptors (Lipinski definition) is 4. The van der Waals surface area contributed by atoms with Gasteiger partial charge >= 0.3 is 0 Å². The minimum Gasteiger partial charge on any atom is -0.394 e.